The number of ether oxygens (including phenoxy) is 2. The number of rotatable bonds is 4. The molecule has 1 heterocycles. The molecule has 0 aliphatic carbocycles. The Morgan fingerprint density at radius 3 is 2.42 bits per heavy atom. The molecule has 2 aromatic rings. The molecule has 0 spiro atoms. The second-order valence-electron chi connectivity index (χ2n) is 5.06. The van der Waals surface area contributed by atoms with Crippen molar-refractivity contribution in [2.45, 2.75) is 20.0 Å². The zero-order chi connectivity index (χ0) is 17.7. The van der Waals surface area contributed by atoms with Gasteiger partial charge < -0.3 is 9.47 Å². The second kappa shape index (κ2) is 7.74. The van der Waals surface area contributed by atoms with Gasteiger partial charge in [-0.2, -0.15) is 0 Å². The van der Waals surface area contributed by atoms with Crippen molar-refractivity contribution < 1.29 is 23.9 Å². The topological polar surface area (TPSA) is 81.7 Å². The van der Waals surface area contributed by atoms with Gasteiger partial charge in [0.1, 0.15) is 4.88 Å². The van der Waals surface area contributed by atoms with Crippen LogP contribution in [0.3, 0.4) is 0 Å². The van der Waals surface area contributed by atoms with E-state index in [0.29, 0.717) is 4.88 Å². The van der Waals surface area contributed by atoms with Gasteiger partial charge in [0, 0.05) is 5.56 Å². The minimum absolute atomic E-state index is 0.400. The number of benzene rings is 1. The van der Waals surface area contributed by atoms with E-state index in [-0.39, 0.29) is 0 Å². The maximum atomic E-state index is 12.3. The number of thiophene rings is 1. The van der Waals surface area contributed by atoms with Gasteiger partial charge in [-0.1, -0.05) is 29.8 Å². The number of aryl methyl sites for hydroxylation is 1. The van der Waals surface area contributed by atoms with E-state index in [1.165, 1.54) is 18.3 Å². The smallest absolute Gasteiger partial charge is 0.413 e. The maximum absolute atomic E-state index is 12.3. The summed E-state index contributed by atoms with van der Waals surface area (Å²) in [5.74, 6) is -1.36. The molecular formula is C17H17NO5S. The Hall–Kier alpha value is -2.67. The van der Waals surface area contributed by atoms with Crippen molar-refractivity contribution in [3.8, 4) is 11.1 Å². The molecule has 0 bridgehead atoms. The maximum Gasteiger partial charge on any atom is 0.413 e. The molecular weight excluding hydrogens is 330 g/mol. The van der Waals surface area contributed by atoms with Crippen LogP contribution in [-0.2, 0) is 14.3 Å². The van der Waals surface area contributed by atoms with Gasteiger partial charge in [-0.25, -0.2) is 9.59 Å². The molecule has 1 atom stereocenters. The summed E-state index contributed by atoms with van der Waals surface area (Å²) in [4.78, 5) is 35.5. The average Bonchev–Trinajstić information content (AvgIpc) is 3.04. The van der Waals surface area contributed by atoms with E-state index >= 15 is 0 Å². The number of imide groups is 1. The van der Waals surface area contributed by atoms with E-state index in [9.17, 15) is 14.4 Å². The molecule has 0 aliphatic rings. The zero-order valence-corrected chi connectivity index (χ0v) is 14.3. The number of alkyl carbamates (subject to hydrolysis) is 1. The zero-order valence-electron chi connectivity index (χ0n) is 13.5. The molecule has 0 aliphatic heterocycles. The van der Waals surface area contributed by atoms with Gasteiger partial charge in [-0.05, 0) is 30.9 Å². The molecule has 0 radical (unpaired) electrons. The summed E-state index contributed by atoms with van der Waals surface area (Å²) < 4.78 is 9.46. The van der Waals surface area contributed by atoms with Crippen molar-refractivity contribution >= 4 is 29.3 Å². The lowest BCUT2D eigenvalue weighted by atomic mass is 10.1. The Bertz CT molecular complexity index is 751. The molecule has 1 aromatic carbocycles. The lowest BCUT2D eigenvalue weighted by Crippen LogP contribution is -2.39. The normalized spacial score (nSPS) is 11.5. The van der Waals surface area contributed by atoms with Crippen LogP contribution in [0.5, 0.6) is 0 Å². The van der Waals surface area contributed by atoms with Crippen molar-refractivity contribution in [1.29, 1.82) is 0 Å². The van der Waals surface area contributed by atoms with Crippen LogP contribution >= 0.6 is 11.3 Å². The molecule has 126 valence electrons. The summed E-state index contributed by atoms with van der Waals surface area (Å²) in [7, 11) is 1.14. The molecule has 1 aromatic heterocycles. The highest BCUT2D eigenvalue weighted by molar-refractivity contribution is 7.12. The quantitative estimate of drug-likeness (QED) is 0.859. The molecule has 2 rings (SSSR count). The van der Waals surface area contributed by atoms with E-state index in [1.54, 1.807) is 5.38 Å². The molecule has 0 fully saturated rings. The summed E-state index contributed by atoms with van der Waals surface area (Å²) in [6, 6.07) is 9.57. The molecule has 0 saturated carbocycles. The van der Waals surface area contributed by atoms with Gasteiger partial charge in [0.05, 0.1) is 7.11 Å². The molecule has 0 unspecified atom stereocenters. The number of esters is 1. The van der Waals surface area contributed by atoms with Gasteiger partial charge in [0.15, 0.2) is 6.10 Å². The van der Waals surface area contributed by atoms with E-state index in [0.717, 1.165) is 23.8 Å². The van der Waals surface area contributed by atoms with Gasteiger partial charge in [-0.3, -0.25) is 10.1 Å². The number of carbonyl (C=O) groups excluding carboxylic acids is 3. The highest BCUT2D eigenvalue weighted by Gasteiger charge is 2.23. The van der Waals surface area contributed by atoms with Crippen molar-refractivity contribution in [2.75, 3.05) is 7.11 Å². The first-order valence-electron chi connectivity index (χ1n) is 7.16. The number of methoxy groups -OCH3 is 1. The Labute approximate surface area is 143 Å². The summed E-state index contributed by atoms with van der Waals surface area (Å²) in [6.07, 6.45) is -2.02. The predicted octanol–water partition coefficient (Wildman–Crippen LogP) is 3.15. The summed E-state index contributed by atoms with van der Waals surface area (Å²) in [6.45, 7) is 3.36. The number of hydrogen-bond acceptors (Lipinski definition) is 6. The van der Waals surface area contributed by atoms with Crippen molar-refractivity contribution in [3.63, 3.8) is 0 Å². The minimum atomic E-state index is -1.12. The fourth-order valence-corrected chi connectivity index (χ4v) is 2.75. The number of hydrogen-bond donors (Lipinski definition) is 1. The Morgan fingerprint density at radius 1 is 1.12 bits per heavy atom. The standard InChI is InChI=1S/C17H17NO5S/c1-10-4-6-12(7-5-10)13-8-9-24-14(13)16(20)23-11(2)15(19)18-17(21)22-3/h4-9,11H,1-3H3,(H,18,19,21)/t11-/m0/s1. The number of amides is 2. The van der Waals surface area contributed by atoms with Crippen LogP contribution in [0.15, 0.2) is 35.7 Å². The van der Waals surface area contributed by atoms with E-state index in [4.69, 9.17) is 4.74 Å². The lowest BCUT2D eigenvalue weighted by molar-refractivity contribution is -0.128. The van der Waals surface area contributed by atoms with E-state index < -0.39 is 24.1 Å². The summed E-state index contributed by atoms with van der Waals surface area (Å²) in [5, 5.41) is 3.74. The van der Waals surface area contributed by atoms with Crippen LogP contribution in [-0.4, -0.2) is 31.2 Å². The predicted molar refractivity (Wildman–Crippen MR) is 89.9 cm³/mol. The fraction of sp³-hybridized carbons (Fsp3) is 0.235. The first kappa shape index (κ1) is 17.7. The third kappa shape index (κ3) is 4.20. The van der Waals surface area contributed by atoms with Crippen LogP contribution in [0.25, 0.3) is 11.1 Å². The van der Waals surface area contributed by atoms with Gasteiger partial charge in [0.2, 0.25) is 0 Å². The molecule has 24 heavy (non-hydrogen) atoms. The SMILES string of the molecule is COC(=O)NC(=O)[C@H](C)OC(=O)c1sccc1-c1ccc(C)cc1. The van der Waals surface area contributed by atoms with Crippen molar-refractivity contribution in [3.05, 3.63) is 46.2 Å². The third-order valence-corrected chi connectivity index (χ3v) is 4.17. The highest BCUT2D eigenvalue weighted by Crippen LogP contribution is 2.29. The highest BCUT2D eigenvalue weighted by atomic mass is 32.1. The van der Waals surface area contributed by atoms with Crippen LogP contribution in [0.1, 0.15) is 22.2 Å². The van der Waals surface area contributed by atoms with Crippen LogP contribution < -0.4 is 5.32 Å². The average molecular weight is 347 g/mol. The van der Waals surface area contributed by atoms with Gasteiger partial charge in [0.25, 0.3) is 5.91 Å². The monoisotopic (exact) mass is 347 g/mol. The molecule has 6 nitrogen and oxygen atoms in total. The van der Waals surface area contributed by atoms with E-state index in [2.05, 4.69) is 4.74 Å². The first-order valence-corrected chi connectivity index (χ1v) is 8.04. The van der Waals surface area contributed by atoms with Crippen LogP contribution in [0.4, 0.5) is 4.79 Å². The van der Waals surface area contributed by atoms with Gasteiger partial charge in [-0.15, -0.1) is 11.3 Å². The van der Waals surface area contributed by atoms with Gasteiger partial charge >= 0.3 is 12.1 Å². The summed E-state index contributed by atoms with van der Waals surface area (Å²) >= 11 is 1.23. The molecule has 7 heteroatoms. The molecule has 0 saturated heterocycles. The van der Waals surface area contributed by atoms with E-state index in [1.807, 2.05) is 42.6 Å². The van der Waals surface area contributed by atoms with Crippen LogP contribution in [0.2, 0.25) is 0 Å². The lowest BCUT2D eigenvalue weighted by Gasteiger charge is -2.12. The number of nitrogens with one attached hydrogen (secondary N) is 1. The second-order valence-corrected chi connectivity index (χ2v) is 5.97. The Kier molecular flexibility index (Phi) is 5.70. The summed E-state index contributed by atoms with van der Waals surface area (Å²) in [5.41, 5.74) is 2.75. The van der Waals surface area contributed by atoms with Crippen LogP contribution in [0, 0.1) is 6.92 Å². The largest absolute Gasteiger partial charge is 0.453 e. The number of carbonyl (C=O) groups is 3. The third-order valence-electron chi connectivity index (χ3n) is 3.28. The molecule has 2 amide bonds. The van der Waals surface area contributed by atoms with Crippen molar-refractivity contribution in [1.82, 2.24) is 5.32 Å². The Balaban J connectivity index is 2.11. The minimum Gasteiger partial charge on any atom is -0.453 e. The first-order chi connectivity index (χ1) is 11.4. The Morgan fingerprint density at radius 2 is 1.79 bits per heavy atom. The van der Waals surface area contributed by atoms with Crippen molar-refractivity contribution in [2.24, 2.45) is 0 Å². The molecule has 1 N–H and O–H groups in total. The fourth-order valence-electron chi connectivity index (χ4n) is 1.95.